The van der Waals surface area contributed by atoms with Gasteiger partial charge in [-0.25, -0.2) is 0 Å². The van der Waals surface area contributed by atoms with Crippen molar-refractivity contribution < 1.29 is 9.59 Å². The number of piperidine rings is 1. The van der Waals surface area contributed by atoms with Gasteiger partial charge in [0.05, 0.1) is 10.0 Å². The number of carbonyl (C=O) groups is 2. The molecule has 0 aromatic heterocycles. The third kappa shape index (κ3) is 4.10. The number of hydrogen-bond acceptors (Lipinski definition) is 3. The van der Waals surface area contributed by atoms with Crippen LogP contribution in [-0.4, -0.2) is 48.4 Å². The van der Waals surface area contributed by atoms with E-state index in [4.69, 9.17) is 23.2 Å². The predicted octanol–water partition coefficient (Wildman–Crippen LogP) is 2.71. The first-order valence-corrected chi connectivity index (χ1v) is 9.50. The maximum absolute atomic E-state index is 12.8. The second-order valence-electron chi connectivity index (χ2n) is 6.87. The van der Waals surface area contributed by atoms with E-state index in [1.807, 2.05) is 0 Å². The Balaban J connectivity index is 1.69. The van der Waals surface area contributed by atoms with Gasteiger partial charge in [0.1, 0.15) is 6.04 Å². The summed E-state index contributed by atoms with van der Waals surface area (Å²) in [5, 5.41) is 7.19. The van der Waals surface area contributed by atoms with Gasteiger partial charge in [0.2, 0.25) is 5.91 Å². The van der Waals surface area contributed by atoms with Crippen molar-refractivity contribution in [3.63, 3.8) is 0 Å². The Hall–Kier alpha value is -1.30. The van der Waals surface area contributed by atoms with Crippen molar-refractivity contribution in [2.24, 2.45) is 5.92 Å². The lowest BCUT2D eigenvalue weighted by Gasteiger charge is -2.32. The highest BCUT2D eigenvalue weighted by molar-refractivity contribution is 6.42. The van der Waals surface area contributed by atoms with Crippen LogP contribution in [0.5, 0.6) is 0 Å². The summed E-state index contributed by atoms with van der Waals surface area (Å²) >= 11 is 11.9. The van der Waals surface area contributed by atoms with Crippen molar-refractivity contribution in [3.05, 3.63) is 33.8 Å². The molecule has 0 aliphatic carbocycles. The van der Waals surface area contributed by atoms with Gasteiger partial charge in [-0.15, -0.1) is 0 Å². The van der Waals surface area contributed by atoms with Gasteiger partial charge in [0, 0.05) is 24.7 Å². The fourth-order valence-electron chi connectivity index (χ4n) is 3.54. The van der Waals surface area contributed by atoms with Crippen molar-refractivity contribution in [1.82, 2.24) is 15.5 Å². The predicted molar refractivity (Wildman–Crippen MR) is 99.1 cm³/mol. The van der Waals surface area contributed by atoms with Crippen molar-refractivity contribution >= 4 is 35.0 Å². The van der Waals surface area contributed by atoms with Gasteiger partial charge in [-0.3, -0.25) is 9.59 Å². The highest BCUT2D eigenvalue weighted by Gasteiger charge is 2.36. The van der Waals surface area contributed by atoms with Crippen molar-refractivity contribution in [1.29, 1.82) is 0 Å². The average molecular weight is 384 g/mol. The van der Waals surface area contributed by atoms with Gasteiger partial charge in [-0.2, -0.15) is 0 Å². The van der Waals surface area contributed by atoms with Gasteiger partial charge in [-0.1, -0.05) is 30.1 Å². The second-order valence-corrected chi connectivity index (χ2v) is 7.69. The monoisotopic (exact) mass is 383 g/mol. The summed E-state index contributed by atoms with van der Waals surface area (Å²) in [6.45, 7) is 4.49. The highest BCUT2D eigenvalue weighted by atomic mass is 35.5. The molecule has 3 atom stereocenters. The van der Waals surface area contributed by atoms with Crippen LogP contribution in [0.15, 0.2) is 18.2 Å². The highest BCUT2D eigenvalue weighted by Crippen LogP contribution is 2.26. The SMILES string of the molecule is CC1CCNCC1NC(=O)C1CCCN1C(=O)c1ccc(Cl)c(Cl)c1. The van der Waals surface area contributed by atoms with Crippen molar-refractivity contribution in [2.45, 2.75) is 38.3 Å². The van der Waals surface area contributed by atoms with Crippen LogP contribution in [0.25, 0.3) is 0 Å². The molecule has 3 unspecified atom stereocenters. The minimum absolute atomic E-state index is 0.0635. The molecule has 2 heterocycles. The molecule has 2 N–H and O–H groups in total. The Labute approximate surface area is 158 Å². The number of likely N-dealkylation sites (tertiary alicyclic amines) is 1. The van der Waals surface area contributed by atoms with Crippen molar-refractivity contribution in [3.8, 4) is 0 Å². The lowest BCUT2D eigenvalue weighted by Crippen LogP contribution is -2.55. The summed E-state index contributed by atoms with van der Waals surface area (Å²) < 4.78 is 0. The zero-order valence-electron chi connectivity index (χ0n) is 14.2. The molecule has 3 rings (SSSR count). The molecule has 2 fully saturated rings. The molecule has 136 valence electrons. The van der Waals surface area contributed by atoms with E-state index < -0.39 is 6.04 Å². The van der Waals surface area contributed by atoms with E-state index in [2.05, 4.69) is 17.6 Å². The topological polar surface area (TPSA) is 61.4 Å². The number of rotatable bonds is 3. The third-order valence-electron chi connectivity index (χ3n) is 5.14. The molecular formula is C18H23Cl2N3O2. The molecule has 1 aromatic rings. The number of nitrogens with one attached hydrogen (secondary N) is 2. The Kier molecular flexibility index (Phi) is 5.87. The molecule has 0 saturated carbocycles. The van der Waals surface area contributed by atoms with Crippen LogP contribution < -0.4 is 10.6 Å². The van der Waals surface area contributed by atoms with Gasteiger partial charge >= 0.3 is 0 Å². The summed E-state index contributed by atoms with van der Waals surface area (Å²) in [7, 11) is 0. The maximum Gasteiger partial charge on any atom is 0.254 e. The lowest BCUT2D eigenvalue weighted by atomic mass is 9.94. The summed E-state index contributed by atoms with van der Waals surface area (Å²) in [5.74, 6) is 0.198. The Morgan fingerprint density at radius 2 is 2.04 bits per heavy atom. The van der Waals surface area contributed by atoms with E-state index in [0.29, 0.717) is 34.5 Å². The van der Waals surface area contributed by atoms with Crippen LogP contribution >= 0.6 is 23.2 Å². The summed E-state index contributed by atoms with van der Waals surface area (Å²) in [6.07, 6.45) is 2.55. The molecule has 2 amide bonds. The molecule has 2 saturated heterocycles. The van der Waals surface area contributed by atoms with Gasteiger partial charge in [0.15, 0.2) is 0 Å². The van der Waals surface area contributed by atoms with Crippen LogP contribution in [0.4, 0.5) is 0 Å². The molecule has 25 heavy (non-hydrogen) atoms. The Morgan fingerprint density at radius 1 is 1.24 bits per heavy atom. The van der Waals surface area contributed by atoms with Gasteiger partial charge < -0.3 is 15.5 Å². The number of hydrogen-bond donors (Lipinski definition) is 2. The first-order valence-electron chi connectivity index (χ1n) is 8.74. The molecule has 0 spiro atoms. The standard InChI is InChI=1S/C18H23Cl2N3O2/c1-11-6-7-21-10-15(11)22-17(24)16-3-2-8-23(16)18(25)12-4-5-13(19)14(20)9-12/h4-5,9,11,15-16,21H,2-3,6-8,10H2,1H3,(H,22,24). The number of carbonyl (C=O) groups excluding carboxylic acids is 2. The van der Waals surface area contributed by atoms with Crippen molar-refractivity contribution in [2.75, 3.05) is 19.6 Å². The van der Waals surface area contributed by atoms with E-state index in [1.165, 1.54) is 0 Å². The molecule has 0 bridgehead atoms. The number of benzene rings is 1. The van der Waals surface area contributed by atoms with Crippen LogP contribution in [0.1, 0.15) is 36.5 Å². The average Bonchev–Trinajstić information content (AvgIpc) is 3.08. The number of amides is 2. The smallest absolute Gasteiger partial charge is 0.254 e. The fourth-order valence-corrected chi connectivity index (χ4v) is 3.84. The zero-order chi connectivity index (χ0) is 18.0. The minimum Gasteiger partial charge on any atom is -0.350 e. The summed E-state index contributed by atoms with van der Waals surface area (Å²) in [4.78, 5) is 27.2. The minimum atomic E-state index is -0.420. The molecule has 2 aliphatic heterocycles. The molecule has 7 heteroatoms. The van der Waals surface area contributed by atoms with Crippen LogP contribution in [0, 0.1) is 5.92 Å². The molecule has 5 nitrogen and oxygen atoms in total. The third-order valence-corrected chi connectivity index (χ3v) is 5.88. The van der Waals surface area contributed by atoms with E-state index in [9.17, 15) is 9.59 Å². The normalized spacial score (nSPS) is 26.5. The quantitative estimate of drug-likeness (QED) is 0.843. The van der Waals surface area contributed by atoms with Crippen LogP contribution in [0.2, 0.25) is 10.0 Å². The van der Waals surface area contributed by atoms with E-state index in [1.54, 1.807) is 23.1 Å². The Morgan fingerprint density at radius 3 is 2.76 bits per heavy atom. The Bertz CT molecular complexity index is 668. The van der Waals surface area contributed by atoms with E-state index >= 15 is 0 Å². The van der Waals surface area contributed by atoms with Gasteiger partial charge in [-0.05, 0) is 49.9 Å². The molecule has 0 radical (unpaired) electrons. The maximum atomic E-state index is 12.8. The van der Waals surface area contributed by atoms with Crippen LogP contribution in [0.3, 0.4) is 0 Å². The van der Waals surface area contributed by atoms with E-state index in [0.717, 1.165) is 25.9 Å². The summed E-state index contributed by atoms with van der Waals surface area (Å²) in [6, 6.07) is 4.51. The van der Waals surface area contributed by atoms with E-state index in [-0.39, 0.29) is 17.9 Å². The lowest BCUT2D eigenvalue weighted by molar-refractivity contribution is -0.126. The second kappa shape index (κ2) is 7.94. The number of nitrogens with zero attached hydrogens (tertiary/aromatic N) is 1. The molecule has 2 aliphatic rings. The largest absolute Gasteiger partial charge is 0.350 e. The first-order chi connectivity index (χ1) is 12.0. The summed E-state index contributed by atoms with van der Waals surface area (Å²) in [5.41, 5.74) is 0.460. The van der Waals surface area contributed by atoms with Gasteiger partial charge in [0.25, 0.3) is 5.91 Å². The molecular weight excluding hydrogens is 361 g/mol. The van der Waals surface area contributed by atoms with Crippen LogP contribution in [-0.2, 0) is 4.79 Å². The first kappa shape index (κ1) is 18.5. The molecule has 1 aromatic carbocycles. The zero-order valence-corrected chi connectivity index (χ0v) is 15.7. The fraction of sp³-hybridized carbons (Fsp3) is 0.556. The number of halogens is 2.